The largest absolute Gasteiger partial charge is 0.480 e. The van der Waals surface area contributed by atoms with Gasteiger partial charge in [-0.2, -0.15) is 0 Å². The Kier molecular flexibility index (Phi) is 6.09. The van der Waals surface area contributed by atoms with Gasteiger partial charge >= 0.3 is 5.97 Å². The van der Waals surface area contributed by atoms with Crippen molar-refractivity contribution in [2.24, 2.45) is 0 Å². The molecule has 1 saturated carbocycles. The predicted molar refractivity (Wildman–Crippen MR) is 87.1 cm³/mol. The van der Waals surface area contributed by atoms with Crippen LogP contribution in [0.1, 0.15) is 31.2 Å². The fraction of sp³-hybridized carbons (Fsp3) is 0.444. The van der Waals surface area contributed by atoms with Crippen LogP contribution in [0.4, 0.5) is 4.39 Å². The van der Waals surface area contributed by atoms with Gasteiger partial charge in [-0.1, -0.05) is 31.1 Å². The first-order chi connectivity index (χ1) is 11.5. The van der Waals surface area contributed by atoms with Crippen molar-refractivity contribution in [2.45, 2.75) is 37.1 Å². The van der Waals surface area contributed by atoms with E-state index in [1.807, 2.05) is 0 Å². The van der Waals surface area contributed by atoms with Crippen LogP contribution in [0.15, 0.2) is 36.9 Å². The minimum absolute atomic E-state index is 0.132. The van der Waals surface area contributed by atoms with E-state index in [2.05, 4.69) is 11.9 Å². The van der Waals surface area contributed by atoms with Gasteiger partial charge in [0.15, 0.2) is 6.04 Å². The maximum atomic E-state index is 13.2. The maximum absolute atomic E-state index is 13.2. The summed E-state index contributed by atoms with van der Waals surface area (Å²) in [5, 5.41) is 11.9. The molecule has 1 aliphatic carbocycles. The molecule has 6 heteroatoms. The summed E-state index contributed by atoms with van der Waals surface area (Å²) in [4.78, 5) is 24.2. The van der Waals surface area contributed by atoms with Crippen molar-refractivity contribution >= 4 is 11.9 Å². The van der Waals surface area contributed by atoms with Gasteiger partial charge in [0.05, 0.1) is 18.6 Å². The van der Waals surface area contributed by atoms with Crippen molar-refractivity contribution in [3.05, 3.63) is 48.3 Å². The molecule has 0 radical (unpaired) electrons. The molecule has 1 amide bonds. The molecular weight excluding hydrogens is 313 g/mol. The first-order valence-corrected chi connectivity index (χ1v) is 7.98. The smallest absolute Gasteiger partial charge is 0.328 e. The zero-order valence-electron chi connectivity index (χ0n) is 13.5. The van der Waals surface area contributed by atoms with Gasteiger partial charge in [-0.05, 0) is 30.5 Å². The number of hydrogen-bond donors (Lipinski definition) is 2. The molecular formula is C18H22FNO4. The van der Waals surface area contributed by atoms with Crippen LogP contribution in [0.5, 0.6) is 0 Å². The summed E-state index contributed by atoms with van der Waals surface area (Å²) in [5.74, 6) is -1.87. The van der Waals surface area contributed by atoms with E-state index in [4.69, 9.17) is 4.74 Å². The Labute approximate surface area is 140 Å². The van der Waals surface area contributed by atoms with Gasteiger partial charge in [-0.25, -0.2) is 9.18 Å². The third-order valence-electron chi connectivity index (χ3n) is 4.41. The monoisotopic (exact) mass is 335 g/mol. The van der Waals surface area contributed by atoms with Crippen LogP contribution < -0.4 is 5.32 Å². The Morgan fingerprint density at radius 1 is 1.33 bits per heavy atom. The third-order valence-corrected chi connectivity index (χ3v) is 4.41. The van der Waals surface area contributed by atoms with E-state index in [9.17, 15) is 19.1 Å². The Morgan fingerprint density at radius 2 is 1.96 bits per heavy atom. The number of amides is 1. The average Bonchev–Trinajstić information content (AvgIpc) is 3.05. The summed E-state index contributed by atoms with van der Waals surface area (Å²) in [6.07, 6.45) is 4.48. The summed E-state index contributed by atoms with van der Waals surface area (Å²) in [6.45, 7) is 3.57. The van der Waals surface area contributed by atoms with E-state index < -0.39 is 17.4 Å². The number of aliphatic carboxylic acids is 1. The molecule has 0 saturated heterocycles. The molecule has 130 valence electrons. The number of benzene rings is 1. The van der Waals surface area contributed by atoms with E-state index in [-0.39, 0.29) is 24.9 Å². The highest BCUT2D eigenvalue weighted by atomic mass is 19.1. The van der Waals surface area contributed by atoms with Crippen LogP contribution in [-0.2, 0) is 19.7 Å². The van der Waals surface area contributed by atoms with Crippen LogP contribution >= 0.6 is 0 Å². The highest BCUT2D eigenvalue weighted by Gasteiger charge is 2.43. The van der Waals surface area contributed by atoms with Gasteiger partial charge in [-0.3, -0.25) is 4.79 Å². The highest BCUT2D eigenvalue weighted by Crippen LogP contribution is 2.41. The quantitative estimate of drug-likeness (QED) is 0.565. The molecule has 0 aliphatic heterocycles. The van der Waals surface area contributed by atoms with E-state index in [0.717, 1.165) is 18.4 Å². The van der Waals surface area contributed by atoms with Crippen LogP contribution in [0.3, 0.4) is 0 Å². The summed E-state index contributed by atoms with van der Waals surface area (Å²) in [5.41, 5.74) is -0.0881. The topological polar surface area (TPSA) is 75.6 Å². The molecule has 5 nitrogen and oxygen atoms in total. The number of rotatable bonds is 8. The van der Waals surface area contributed by atoms with Crippen molar-refractivity contribution < 1.29 is 23.8 Å². The van der Waals surface area contributed by atoms with Crippen molar-refractivity contribution in [3.63, 3.8) is 0 Å². The van der Waals surface area contributed by atoms with Gasteiger partial charge in [0.2, 0.25) is 5.91 Å². The molecule has 2 N–H and O–H groups in total. The SMILES string of the molecule is C=CCOCC(NC(=O)C1(c2ccc(F)cc2)CCCC1)C(=O)O. The number of nitrogens with one attached hydrogen (secondary N) is 1. The normalized spacial score (nSPS) is 17.2. The molecule has 2 rings (SSSR count). The molecule has 1 aromatic rings. The molecule has 1 aliphatic rings. The molecule has 0 aromatic heterocycles. The summed E-state index contributed by atoms with van der Waals surface area (Å²) in [6, 6.07) is 4.72. The Balaban J connectivity index is 2.17. The lowest BCUT2D eigenvalue weighted by molar-refractivity contribution is -0.144. The van der Waals surface area contributed by atoms with Crippen molar-refractivity contribution in [2.75, 3.05) is 13.2 Å². The fourth-order valence-electron chi connectivity index (χ4n) is 3.13. The minimum atomic E-state index is -1.15. The standard InChI is InChI=1S/C18H22FNO4/c1-2-11-24-12-15(16(21)22)20-17(23)18(9-3-4-10-18)13-5-7-14(19)8-6-13/h2,5-8,15H,1,3-4,9-12H2,(H,20,23)(H,21,22). The Morgan fingerprint density at radius 3 is 2.50 bits per heavy atom. The fourth-order valence-corrected chi connectivity index (χ4v) is 3.13. The summed E-state index contributed by atoms with van der Waals surface area (Å²) >= 11 is 0. The molecule has 1 unspecified atom stereocenters. The number of carbonyl (C=O) groups excluding carboxylic acids is 1. The molecule has 1 aromatic carbocycles. The Bertz CT molecular complexity index is 594. The third kappa shape index (κ3) is 4.00. The second kappa shape index (κ2) is 8.06. The van der Waals surface area contributed by atoms with Crippen LogP contribution in [-0.4, -0.2) is 36.2 Å². The van der Waals surface area contributed by atoms with Crippen molar-refractivity contribution in [1.82, 2.24) is 5.32 Å². The second-order valence-electron chi connectivity index (χ2n) is 5.99. The zero-order chi connectivity index (χ0) is 17.6. The molecule has 0 heterocycles. The second-order valence-corrected chi connectivity index (χ2v) is 5.99. The van der Waals surface area contributed by atoms with Crippen LogP contribution in [0, 0.1) is 5.82 Å². The molecule has 0 spiro atoms. The predicted octanol–water partition coefficient (Wildman–Crippen LogP) is 2.41. The lowest BCUT2D eigenvalue weighted by Crippen LogP contribution is -2.51. The summed E-state index contributed by atoms with van der Waals surface area (Å²) < 4.78 is 18.3. The maximum Gasteiger partial charge on any atom is 0.328 e. The zero-order valence-corrected chi connectivity index (χ0v) is 13.5. The summed E-state index contributed by atoms with van der Waals surface area (Å²) in [7, 11) is 0. The van der Waals surface area contributed by atoms with Gasteiger partial charge in [0, 0.05) is 0 Å². The molecule has 0 bridgehead atoms. The highest BCUT2D eigenvalue weighted by molar-refractivity contribution is 5.91. The average molecular weight is 335 g/mol. The van der Waals surface area contributed by atoms with Gasteiger partial charge in [-0.15, -0.1) is 6.58 Å². The van der Waals surface area contributed by atoms with Gasteiger partial charge < -0.3 is 15.2 Å². The van der Waals surface area contributed by atoms with Gasteiger partial charge in [0.1, 0.15) is 5.82 Å². The lowest BCUT2D eigenvalue weighted by atomic mass is 9.78. The molecule has 1 fully saturated rings. The van der Waals surface area contributed by atoms with Crippen molar-refractivity contribution in [1.29, 1.82) is 0 Å². The number of carbonyl (C=O) groups is 2. The minimum Gasteiger partial charge on any atom is -0.480 e. The van der Waals surface area contributed by atoms with E-state index in [0.29, 0.717) is 12.8 Å². The number of carboxylic acids is 1. The number of hydrogen-bond acceptors (Lipinski definition) is 3. The first kappa shape index (κ1) is 18.1. The Hall–Kier alpha value is -2.21. The van der Waals surface area contributed by atoms with Gasteiger partial charge in [0.25, 0.3) is 0 Å². The number of ether oxygens (including phenoxy) is 1. The lowest BCUT2D eigenvalue weighted by Gasteiger charge is -2.30. The van der Waals surface area contributed by atoms with Crippen LogP contribution in [0.2, 0.25) is 0 Å². The van der Waals surface area contributed by atoms with Crippen molar-refractivity contribution in [3.8, 4) is 0 Å². The number of halogens is 1. The number of carboxylic acid groups (broad SMARTS) is 1. The molecule has 1 atom stereocenters. The molecule has 24 heavy (non-hydrogen) atoms. The van der Waals surface area contributed by atoms with E-state index in [1.165, 1.54) is 18.2 Å². The first-order valence-electron chi connectivity index (χ1n) is 7.98. The van der Waals surface area contributed by atoms with E-state index >= 15 is 0 Å². The van der Waals surface area contributed by atoms with E-state index in [1.54, 1.807) is 12.1 Å². The van der Waals surface area contributed by atoms with Crippen LogP contribution in [0.25, 0.3) is 0 Å².